The Morgan fingerprint density at radius 3 is 2.00 bits per heavy atom. The zero-order valence-corrected chi connectivity index (χ0v) is 12.6. The smallest absolute Gasteiger partial charge is 0.00163 e. The van der Waals surface area contributed by atoms with E-state index in [0.29, 0.717) is 5.41 Å². The summed E-state index contributed by atoms with van der Waals surface area (Å²) >= 11 is 6.73. The molecule has 1 atom stereocenters. The number of rotatable bonds is 9. The van der Waals surface area contributed by atoms with Crippen LogP contribution in [0.15, 0.2) is 0 Å². The minimum absolute atomic E-state index is 0.501. The molecule has 0 aliphatic heterocycles. The Bertz CT molecular complexity index is 139. The van der Waals surface area contributed by atoms with Gasteiger partial charge in [-0.05, 0) is 36.2 Å². The molecule has 2 heteroatoms. The summed E-state index contributed by atoms with van der Waals surface area (Å²) in [7, 11) is 0. The van der Waals surface area contributed by atoms with Crippen molar-refractivity contribution in [1.29, 1.82) is 0 Å². The van der Waals surface area contributed by atoms with Gasteiger partial charge in [0.15, 0.2) is 0 Å². The predicted molar refractivity (Wildman–Crippen MR) is 78.3 cm³/mol. The van der Waals surface area contributed by atoms with Crippen LogP contribution in [0.4, 0.5) is 0 Å². The molecular formula is C13H28S2. The van der Waals surface area contributed by atoms with Crippen LogP contribution in [0.2, 0.25) is 0 Å². The molecule has 0 amide bonds. The highest BCUT2D eigenvalue weighted by molar-refractivity contribution is 7.99. The first-order chi connectivity index (χ1) is 7.14. The normalized spacial score (nSPS) is 14.2. The van der Waals surface area contributed by atoms with E-state index >= 15 is 0 Å². The summed E-state index contributed by atoms with van der Waals surface area (Å²) < 4.78 is 0. The molecule has 0 saturated carbocycles. The highest BCUT2D eigenvalue weighted by Crippen LogP contribution is 2.36. The van der Waals surface area contributed by atoms with E-state index in [2.05, 4.69) is 52.1 Å². The van der Waals surface area contributed by atoms with Gasteiger partial charge in [-0.15, -0.1) is 0 Å². The molecule has 0 fully saturated rings. The summed E-state index contributed by atoms with van der Waals surface area (Å²) in [6.45, 7) is 9.20. The Labute approximate surface area is 106 Å². The second kappa shape index (κ2) is 8.81. The van der Waals surface area contributed by atoms with Crippen LogP contribution < -0.4 is 0 Å². The third-order valence-corrected chi connectivity index (χ3v) is 5.50. The minimum atomic E-state index is 0.501. The first kappa shape index (κ1) is 15.7. The summed E-state index contributed by atoms with van der Waals surface area (Å²) in [5.41, 5.74) is 0.501. The molecule has 0 radical (unpaired) electrons. The summed E-state index contributed by atoms with van der Waals surface area (Å²) in [6, 6.07) is 0. The van der Waals surface area contributed by atoms with Crippen molar-refractivity contribution in [3.05, 3.63) is 0 Å². The number of thiol groups is 1. The first-order valence-electron chi connectivity index (χ1n) is 6.36. The van der Waals surface area contributed by atoms with Gasteiger partial charge in [0.1, 0.15) is 0 Å². The van der Waals surface area contributed by atoms with Crippen molar-refractivity contribution in [1.82, 2.24) is 0 Å². The van der Waals surface area contributed by atoms with Crippen molar-refractivity contribution in [3.8, 4) is 0 Å². The standard InChI is InChI=1S/C13H28S2/c1-5-8-13(10-14,9-6-2)11-15-12(4)7-3/h12,14H,5-11H2,1-4H3. The maximum absolute atomic E-state index is 4.59. The van der Waals surface area contributed by atoms with Crippen molar-refractivity contribution in [2.45, 2.75) is 65.0 Å². The van der Waals surface area contributed by atoms with Gasteiger partial charge in [0.25, 0.3) is 0 Å². The maximum Gasteiger partial charge on any atom is 0.00163 e. The summed E-state index contributed by atoms with van der Waals surface area (Å²) in [6.07, 6.45) is 6.55. The van der Waals surface area contributed by atoms with E-state index in [4.69, 9.17) is 0 Å². The van der Waals surface area contributed by atoms with E-state index in [-0.39, 0.29) is 0 Å². The molecule has 0 saturated heterocycles. The maximum atomic E-state index is 4.59. The summed E-state index contributed by atoms with van der Waals surface area (Å²) in [5, 5.41) is 0.804. The van der Waals surface area contributed by atoms with Crippen LogP contribution in [0.1, 0.15) is 59.8 Å². The molecule has 0 aliphatic carbocycles. The minimum Gasteiger partial charge on any atom is -0.179 e. The van der Waals surface area contributed by atoms with Crippen LogP contribution in [-0.2, 0) is 0 Å². The molecule has 0 rings (SSSR count). The fourth-order valence-corrected chi connectivity index (χ4v) is 3.81. The van der Waals surface area contributed by atoms with Gasteiger partial charge in [0, 0.05) is 5.25 Å². The third-order valence-electron chi connectivity index (χ3n) is 3.15. The Hall–Kier alpha value is 0.700. The van der Waals surface area contributed by atoms with Gasteiger partial charge in [0.2, 0.25) is 0 Å². The lowest BCUT2D eigenvalue weighted by molar-refractivity contribution is 0.318. The monoisotopic (exact) mass is 248 g/mol. The molecule has 0 aromatic rings. The molecule has 0 bridgehead atoms. The zero-order valence-electron chi connectivity index (χ0n) is 10.9. The van der Waals surface area contributed by atoms with Crippen molar-refractivity contribution in [2.24, 2.45) is 5.41 Å². The molecule has 0 heterocycles. The lowest BCUT2D eigenvalue weighted by Crippen LogP contribution is -2.26. The number of thioether (sulfide) groups is 1. The Kier molecular flexibility index (Phi) is 9.22. The second-order valence-electron chi connectivity index (χ2n) is 4.69. The second-order valence-corrected chi connectivity index (χ2v) is 6.43. The lowest BCUT2D eigenvalue weighted by Gasteiger charge is -2.32. The lowest BCUT2D eigenvalue weighted by atomic mass is 9.83. The Balaban J connectivity index is 4.19. The highest BCUT2D eigenvalue weighted by atomic mass is 32.2. The average Bonchev–Trinajstić information content (AvgIpc) is 2.26. The van der Waals surface area contributed by atoms with Gasteiger partial charge in [-0.3, -0.25) is 0 Å². The van der Waals surface area contributed by atoms with Crippen LogP contribution in [0.5, 0.6) is 0 Å². The van der Waals surface area contributed by atoms with Gasteiger partial charge in [-0.1, -0.05) is 40.5 Å². The van der Waals surface area contributed by atoms with Crippen LogP contribution in [0.25, 0.3) is 0 Å². The molecule has 0 nitrogen and oxygen atoms in total. The van der Waals surface area contributed by atoms with Crippen LogP contribution in [0, 0.1) is 5.41 Å². The quantitative estimate of drug-likeness (QED) is 0.558. The van der Waals surface area contributed by atoms with E-state index in [1.165, 1.54) is 37.9 Å². The van der Waals surface area contributed by atoms with E-state index < -0.39 is 0 Å². The summed E-state index contributed by atoms with van der Waals surface area (Å²) in [5.74, 6) is 2.35. The topological polar surface area (TPSA) is 0 Å². The van der Waals surface area contributed by atoms with Crippen molar-refractivity contribution in [3.63, 3.8) is 0 Å². The first-order valence-corrected chi connectivity index (χ1v) is 8.04. The molecule has 0 aromatic heterocycles. The van der Waals surface area contributed by atoms with Crippen LogP contribution >= 0.6 is 24.4 Å². The van der Waals surface area contributed by atoms with Gasteiger partial charge < -0.3 is 0 Å². The summed E-state index contributed by atoms with van der Waals surface area (Å²) in [4.78, 5) is 0. The predicted octanol–water partition coefficient (Wildman–Crippen LogP) is 5.03. The number of hydrogen-bond donors (Lipinski definition) is 1. The van der Waals surface area contributed by atoms with E-state index in [9.17, 15) is 0 Å². The van der Waals surface area contributed by atoms with E-state index in [0.717, 1.165) is 11.0 Å². The van der Waals surface area contributed by atoms with Crippen molar-refractivity contribution in [2.75, 3.05) is 11.5 Å². The third kappa shape index (κ3) is 6.11. The number of hydrogen-bond acceptors (Lipinski definition) is 2. The average molecular weight is 249 g/mol. The fourth-order valence-electron chi connectivity index (χ4n) is 1.97. The Morgan fingerprint density at radius 2 is 1.67 bits per heavy atom. The fraction of sp³-hybridized carbons (Fsp3) is 1.00. The van der Waals surface area contributed by atoms with E-state index in [1.807, 2.05) is 0 Å². The molecule has 0 aromatic carbocycles. The van der Waals surface area contributed by atoms with Crippen molar-refractivity contribution >= 4 is 24.4 Å². The van der Waals surface area contributed by atoms with Gasteiger partial charge >= 0.3 is 0 Å². The molecule has 0 spiro atoms. The molecular weight excluding hydrogens is 220 g/mol. The van der Waals surface area contributed by atoms with Gasteiger partial charge in [-0.2, -0.15) is 24.4 Å². The zero-order chi connectivity index (χ0) is 11.7. The molecule has 1 unspecified atom stereocenters. The molecule has 0 aliphatic rings. The van der Waals surface area contributed by atoms with Gasteiger partial charge in [-0.25, -0.2) is 0 Å². The largest absolute Gasteiger partial charge is 0.179 e. The SMILES string of the molecule is CCCC(CS)(CCC)CSC(C)CC. The molecule has 92 valence electrons. The van der Waals surface area contributed by atoms with Crippen LogP contribution in [0.3, 0.4) is 0 Å². The van der Waals surface area contributed by atoms with Crippen LogP contribution in [-0.4, -0.2) is 16.8 Å². The van der Waals surface area contributed by atoms with Gasteiger partial charge in [0.05, 0.1) is 0 Å². The van der Waals surface area contributed by atoms with Crippen molar-refractivity contribution < 1.29 is 0 Å². The molecule has 0 N–H and O–H groups in total. The molecule has 15 heavy (non-hydrogen) atoms. The highest BCUT2D eigenvalue weighted by Gasteiger charge is 2.27. The van der Waals surface area contributed by atoms with E-state index in [1.54, 1.807) is 0 Å². The Morgan fingerprint density at radius 1 is 1.13 bits per heavy atom.